The Labute approximate surface area is 108 Å². The van der Waals surface area contributed by atoms with E-state index >= 15 is 0 Å². The van der Waals surface area contributed by atoms with Crippen molar-refractivity contribution in [2.24, 2.45) is 0 Å². The lowest BCUT2D eigenvalue weighted by molar-refractivity contribution is 0.112. The molecule has 0 amide bonds. The maximum absolute atomic E-state index is 13.7. The number of hydrogen-bond donors (Lipinski definition) is 0. The SMILES string of the molecule is COc1cc(-c2cc(C=O)ccc2Cl)c(F)cn1. The van der Waals surface area contributed by atoms with Crippen LogP contribution in [0.2, 0.25) is 5.02 Å². The molecule has 0 unspecified atom stereocenters. The van der Waals surface area contributed by atoms with Crippen LogP contribution in [-0.4, -0.2) is 18.4 Å². The Hall–Kier alpha value is -1.94. The highest BCUT2D eigenvalue weighted by molar-refractivity contribution is 6.33. The van der Waals surface area contributed by atoms with Crippen LogP contribution in [0.3, 0.4) is 0 Å². The van der Waals surface area contributed by atoms with Gasteiger partial charge in [0.15, 0.2) is 0 Å². The van der Waals surface area contributed by atoms with Gasteiger partial charge < -0.3 is 4.74 Å². The maximum atomic E-state index is 13.7. The van der Waals surface area contributed by atoms with E-state index in [1.54, 1.807) is 12.1 Å². The van der Waals surface area contributed by atoms with Crippen molar-refractivity contribution in [3.8, 4) is 17.0 Å². The summed E-state index contributed by atoms with van der Waals surface area (Å²) in [5.74, 6) is -0.250. The van der Waals surface area contributed by atoms with Gasteiger partial charge in [0.2, 0.25) is 5.88 Å². The van der Waals surface area contributed by atoms with Gasteiger partial charge in [-0.05, 0) is 12.1 Å². The highest BCUT2D eigenvalue weighted by Gasteiger charge is 2.12. The molecule has 0 atom stereocenters. The standard InChI is InChI=1S/C13H9ClFNO2/c1-18-13-5-10(12(15)6-16-13)9-4-8(7-17)2-3-11(9)14/h2-7H,1H3. The number of hydrogen-bond acceptors (Lipinski definition) is 3. The molecule has 92 valence electrons. The van der Waals surface area contributed by atoms with Crippen LogP contribution in [0.1, 0.15) is 10.4 Å². The number of ether oxygens (including phenoxy) is 1. The Morgan fingerprint density at radius 2 is 2.11 bits per heavy atom. The summed E-state index contributed by atoms with van der Waals surface area (Å²) in [7, 11) is 1.44. The summed E-state index contributed by atoms with van der Waals surface area (Å²) in [5.41, 5.74) is 1.10. The summed E-state index contributed by atoms with van der Waals surface area (Å²) in [6.07, 6.45) is 1.73. The molecular weight excluding hydrogens is 257 g/mol. The number of carbonyl (C=O) groups excluding carboxylic acids is 1. The Morgan fingerprint density at radius 3 is 2.78 bits per heavy atom. The Balaban J connectivity index is 2.63. The van der Waals surface area contributed by atoms with E-state index in [2.05, 4.69) is 4.98 Å². The van der Waals surface area contributed by atoms with Gasteiger partial charge in [0.05, 0.1) is 13.3 Å². The summed E-state index contributed by atoms with van der Waals surface area (Å²) < 4.78 is 18.7. The monoisotopic (exact) mass is 265 g/mol. The third-order valence-corrected chi connectivity index (χ3v) is 2.79. The first kappa shape index (κ1) is 12.5. The number of aromatic nitrogens is 1. The molecule has 0 radical (unpaired) electrons. The summed E-state index contributed by atoms with van der Waals surface area (Å²) in [6.45, 7) is 0. The van der Waals surface area contributed by atoms with Gasteiger partial charge in [0.25, 0.3) is 0 Å². The Morgan fingerprint density at radius 1 is 1.33 bits per heavy atom. The molecule has 1 aromatic carbocycles. The van der Waals surface area contributed by atoms with Crippen molar-refractivity contribution in [3.05, 3.63) is 46.9 Å². The quantitative estimate of drug-likeness (QED) is 0.799. The third-order valence-electron chi connectivity index (χ3n) is 2.46. The summed E-state index contributed by atoms with van der Waals surface area (Å²) in [6, 6.07) is 6.07. The highest BCUT2D eigenvalue weighted by Crippen LogP contribution is 2.32. The Bertz CT molecular complexity index is 602. The molecule has 1 heterocycles. The number of methoxy groups -OCH3 is 1. The van der Waals surface area contributed by atoms with Crippen LogP contribution in [0.5, 0.6) is 5.88 Å². The normalized spacial score (nSPS) is 10.2. The molecule has 0 aliphatic rings. The molecule has 3 nitrogen and oxygen atoms in total. The van der Waals surface area contributed by atoms with Gasteiger partial charge in [0.1, 0.15) is 12.1 Å². The Kier molecular flexibility index (Phi) is 3.58. The zero-order valence-electron chi connectivity index (χ0n) is 9.48. The van der Waals surface area contributed by atoms with Gasteiger partial charge in [-0.15, -0.1) is 0 Å². The lowest BCUT2D eigenvalue weighted by atomic mass is 10.0. The molecule has 2 aromatic rings. The van der Waals surface area contributed by atoms with Crippen molar-refractivity contribution in [2.45, 2.75) is 0 Å². The molecule has 0 aliphatic carbocycles. The molecule has 0 saturated carbocycles. The van der Waals surface area contributed by atoms with Crippen molar-refractivity contribution < 1.29 is 13.9 Å². The minimum absolute atomic E-state index is 0.246. The number of aldehydes is 1. The summed E-state index contributed by atoms with van der Waals surface area (Å²) in [4.78, 5) is 14.5. The van der Waals surface area contributed by atoms with E-state index in [1.165, 1.54) is 19.2 Å². The second-order valence-corrected chi connectivity index (χ2v) is 3.97. The van der Waals surface area contributed by atoms with E-state index in [-0.39, 0.29) is 11.4 Å². The molecule has 0 N–H and O–H groups in total. The number of halogens is 2. The molecule has 0 aliphatic heterocycles. The molecule has 5 heteroatoms. The minimum Gasteiger partial charge on any atom is -0.481 e. The van der Waals surface area contributed by atoms with Crippen molar-refractivity contribution in [2.75, 3.05) is 7.11 Å². The molecule has 0 bridgehead atoms. The third kappa shape index (κ3) is 2.33. The maximum Gasteiger partial charge on any atom is 0.213 e. The smallest absolute Gasteiger partial charge is 0.213 e. The van der Waals surface area contributed by atoms with Gasteiger partial charge in [-0.1, -0.05) is 17.7 Å². The molecule has 18 heavy (non-hydrogen) atoms. The first-order valence-electron chi connectivity index (χ1n) is 5.10. The summed E-state index contributed by atoms with van der Waals surface area (Å²) in [5, 5.41) is 0.354. The molecular formula is C13H9ClFNO2. The fourth-order valence-corrected chi connectivity index (χ4v) is 1.78. The van der Waals surface area contributed by atoms with E-state index in [4.69, 9.17) is 16.3 Å². The van der Waals surface area contributed by atoms with Crippen molar-refractivity contribution in [3.63, 3.8) is 0 Å². The van der Waals surface area contributed by atoms with Gasteiger partial charge in [-0.25, -0.2) is 9.37 Å². The fourth-order valence-electron chi connectivity index (χ4n) is 1.56. The molecule has 0 spiro atoms. The second kappa shape index (κ2) is 5.14. The molecule has 2 rings (SSSR count). The van der Waals surface area contributed by atoms with Crippen molar-refractivity contribution in [1.82, 2.24) is 4.98 Å². The van der Waals surface area contributed by atoms with Crippen LogP contribution in [0, 0.1) is 5.82 Å². The number of nitrogens with zero attached hydrogens (tertiary/aromatic N) is 1. The first-order valence-corrected chi connectivity index (χ1v) is 5.48. The van der Waals surface area contributed by atoms with E-state index in [1.807, 2.05) is 0 Å². The average Bonchev–Trinajstić information content (AvgIpc) is 2.40. The largest absolute Gasteiger partial charge is 0.481 e. The average molecular weight is 266 g/mol. The van der Waals surface area contributed by atoms with Gasteiger partial charge in [-0.2, -0.15) is 0 Å². The van der Waals surface area contributed by atoms with Crippen LogP contribution in [0.4, 0.5) is 4.39 Å². The van der Waals surface area contributed by atoms with Crippen LogP contribution in [-0.2, 0) is 0 Å². The zero-order chi connectivity index (χ0) is 13.1. The van der Waals surface area contributed by atoms with Crippen LogP contribution >= 0.6 is 11.6 Å². The predicted molar refractivity (Wildman–Crippen MR) is 66.6 cm³/mol. The second-order valence-electron chi connectivity index (χ2n) is 3.56. The van der Waals surface area contributed by atoms with Crippen LogP contribution < -0.4 is 4.74 Å². The van der Waals surface area contributed by atoms with E-state index < -0.39 is 5.82 Å². The first-order chi connectivity index (χ1) is 8.65. The van der Waals surface area contributed by atoms with Gasteiger partial charge in [0, 0.05) is 27.8 Å². The van der Waals surface area contributed by atoms with Crippen molar-refractivity contribution >= 4 is 17.9 Å². The lowest BCUT2D eigenvalue weighted by Crippen LogP contribution is -1.93. The van der Waals surface area contributed by atoms with Crippen molar-refractivity contribution in [1.29, 1.82) is 0 Å². The highest BCUT2D eigenvalue weighted by atomic mass is 35.5. The predicted octanol–water partition coefficient (Wildman–Crippen LogP) is 3.36. The van der Waals surface area contributed by atoms with Gasteiger partial charge in [-0.3, -0.25) is 4.79 Å². The summed E-state index contributed by atoms with van der Waals surface area (Å²) >= 11 is 6.01. The topological polar surface area (TPSA) is 39.2 Å². The van der Waals surface area contributed by atoms with E-state index in [0.29, 0.717) is 22.4 Å². The fraction of sp³-hybridized carbons (Fsp3) is 0.0769. The molecule has 0 fully saturated rings. The van der Waals surface area contributed by atoms with E-state index in [9.17, 15) is 9.18 Å². The van der Waals surface area contributed by atoms with E-state index in [0.717, 1.165) is 6.20 Å². The van der Waals surface area contributed by atoms with Gasteiger partial charge >= 0.3 is 0 Å². The number of pyridine rings is 1. The lowest BCUT2D eigenvalue weighted by Gasteiger charge is -2.08. The van der Waals surface area contributed by atoms with Crippen LogP contribution in [0.15, 0.2) is 30.5 Å². The minimum atomic E-state index is -0.527. The number of carbonyl (C=O) groups is 1. The molecule has 1 aromatic heterocycles. The van der Waals surface area contributed by atoms with Crippen LogP contribution in [0.25, 0.3) is 11.1 Å². The number of benzene rings is 1. The zero-order valence-corrected chi connectivity index (χ0v) is 10.2. The molecule has 0 saturated heterocycles. The number of rotatable bonds is 3.